The van der Waals surface area contributed by atoms with E-state index in [9.17, 15) is 9.59 Å². The number of carbonyl (C=O) groups is 2. The molecule has 0 aromatic rings. The standard InChI is InChI=1S/C23H37NO5/c1-22-11-9-15(29-21(26)28-4)13-14(22)5-6-16-17-7-8-19(24-20(25)27-3)23(17,2)12-10-18(16)22/h14-19H,5-13H2,1-4H3,(H,24,25)/t14-,15-,16-,17-,18-,19+,22-,23-/m0/s1. The molecule has 0 aliphatic heterocycles. The molecule has 6 nitrogen and oxygen atoms in total. The number of methoxy groups -OCH3 is 2. The van der Waals surface area contributed by atoms with Crippen molar-refractivity contribution in [2.24, 2.45) is 34.5 Å². The SMILES string of the molecule is COC(=O)N[C@@H]1CC[C@H]2[C@@H]3CC[C@H]4C[C@@H](OC(=O)OC)CC[C@]4(C)[C@H]3CC[C@]12C. The average Bonchev–Trinajstić information content (AvgIpc) is 3.04. The van der Waals surface area contributed by atoms with Crippen molar-refractivity contribution in [3.05, 3.63) is 0 Å². The van der Waals surface area contributed by atoms with E-state index in [4.69, 9.17) is 14.2 Å². The molecule has 6 heteroatoms. The van der Waals surface area contributed by atoms with E-state index in [1.54, 1.807) is 0 Å². The van der Waals surface area contributed by atoms with Crippen LogP contribution in [0, 0.1) is 34.5 Å². The minimum atomic E-state index is -0.546. The first-order valence-corrected chi connectivity index (χ1v) is 11.4. The Balaban J connectivity index is 1.47. The van der Waals surface area contributed by atoms with E-state index in [1.165, 1.54) is 46.3 Å². The summed E-state index contributed by atoms with van der Waals surface area (Å²) in [7, 11) is 2.83. The van der Waals surface area contributed by atoms with Gasteiger partial charge in [-0.2, -0.15) is 0 Å². The highest BCUT2D eigenvalue weighted by Gasteiger charge is 2.60. The molecule has 0 aromatic heterocycles. The molecular formula is C23H37NO5. The zero-order chi connectivity index (χ0) is 20.8. The van der Waals surface area contributed by atoms with Crippen molar-refractivity contribution in [1.29, 1.82) is 0 Å². The topological polar surface area (TPSA) is 73.9 Å². The molecule has 8 atom stereocenters. The summed E-state index contributed by atoms with van der Waals surface area (Å²) in [5.41, 5.74) is 0.526. The number of carbonyl (C=O) groups excluding carboxylic acids is 2. The first-order valence-electron chi connectivity index (χ1n) is 11.4. The normalized spacial score (nSPS) is 45.9. The Morgan fingerprint density at radius 2 is 1.59 bits per heavy atom. The van der Waals surface area contributed by atoms with Crippen molar-refractivity contribution in [2.75, 3.05) is 14.2 Å². The number of fused-ring (bicyclic) bond motifs is 5. The van der Waals surface area contributed by atoms with Gasteiger partial charge >= 0.3 is 12.2 Å². The fourth-order valence-corrected chi connectivity index (χ4v) is 7.95. The van der Waals surface area contributed by atoms with Crippen LogP contribution >= 0.6 is 0 Å². The Bertz CT molecular complexity index is 653. The highest BCUT2D eigenvalue weighted by atomic mass is 16.7. The predicted molar refractivity (Wildman–Crippen MR) is 108 cm³/mol. The number of hydrogen-bond acceptors (Lipinski definition) is 5. The van der Waals surface area contributed by atoms with Crippen molar-refractivity contribution < 1.29 is 23.8 Å². The molecule has 0 saturated heterocycles. The van der Waals surface area contributed by atoms with Crippen LogP contribution in [0.15, 0.2) is 0 Å². The van der Waals surface area contributed by atoms with E-state index in [0.29, 0.717) is 17.3 Å². The number of nitrogens with one attached hydrogen (secondary N) is 1. The lowest BCUT2D eigenvalue weighted by Crippen LogP contribution is -2.56. The van der Waals surface area contributed by atoms with Gasteiger partial charge in [-0.15, -0.1) is 0 Å². The molecule has 1 N–H and O–H groups in total. The average molecular weight is 408 g/mol. The summed E-state index contributed by atoms with van der Waals surface area (Å²) in [6, 6.07) is 0.232. The van der Waals surface area contributed by atoms with E-state index in [1.807, 2.05) is 0 Å². The summed E-state index contributed by atoms with van der Waals surface area (Å²) in [5.74, 6) is 2.81. The summed E-state index contributed by atoms with van der Waals surface area (Å²) in [4.78, 5) is 23.4. The summed E-state index contributed by atoms with van der Waals surface area (Å²) in [6.07, 6.45) is 9.40. The largest absolute Gasteiger partial charge is 0.508 e. The molecule has 0 radical (unpaired) electrons. The highest BCUT2D eigenvalue weighted by Crippen LogP contribution is 2.66. The summed E-state index contributed by atoms with van der Waals surface area (Å²) in [6.45, 7) is 4.90. The van der Waals surface area contributed by atoms with Crippen LogP contribution in [0.1, 0.15) is 71.6 Å². The fourth-order valence-electron chi connectivity index (χ4n) is 7.95. The van der Waals surface area contributed by atoms with Crippen molar-refractivity contribution >= 4 is 12.2 Å². The molecule has 29 heavy (non-hydrogen) atoms. The minimum Gasteiger partial charge on any atom is -0.453 e. The van der Waals surface area contributed by atoms with Crippen LogP contribution in [0.5, 0.6) is 0 Å². The van der Waals surface area contributed by atoms with Crippen LogP contribution in [0.3, 0.4) is 0 Å². The minimum absolute atomic E-state index is 0.00560. The lowest BCUT2D eigenvalue weighted by atomic mass is 9.45. The molecule has 4 fully saturated rings. The molecule has 1 amide bonds. The Morgan fingerprint density at radius 1 is 0.862 bits per heavy atom. The monoisotopic (exact) mass is 407 g/mol. The zero-order valence-corrected chi connectivity index (χ0v) is 18.4. The Labute approximate surface area is 174 Å². The van der Waals surface area contributed by atoms with Crippen LogP contribution in [-0.2, 0) is 14.2 Å². The maximum atomic E-state index is 11.9. The van der Waals surface area contributed by atoms with Gasteiger partial charge in [0.15, 0.2) is 0 Å². The number of alkyl carbamates (subject to hydrolysis) is 1. The number of rotatable bonds is 2. The van der Waals surface area contributed by atoms with Gasteiger partial charge in [-0.25, -0.2) is 9.59 Å². The first-order chi connectivity index (χ1) is 13.8. The van der Waals surface area contributed by atoms with Gasteiger partial charge in [-0.05, 0) is 92.3 Å². The van der Waals surface area contributed by atoms with Crippen LogP contribution in [0.2, 0.25) is 0 Å². The van der Waals surface area contributed by atoms with Crippen molar-refractivity contribution in [3.63, 3.8) is 0 Å². The van der Waals surface area contributed by atoms with Crippen LogP contribution in [-0.4, -0.2) is 38.6 Å². The quantitative estimate of drug-likeness (QED) is 0.659. The second-order valence-electron chi connectivity index (χ2n) is 10.4. The van der Waals surface area contributed by atoms with Crippen LogP contribution in [0.25, 0.3) is 0 Å². The van der Waals surface area contributed by atoms with E-state index in [0.717, 1.165) is 37.5 Å². The fraction of sp³-hybridized carbons (Fsp3) is 0.913. The smallest absolute Gasteiger partial charge is 0.453 e. The second-order valence-corrected chi connectivity index (χ2v) is 10.4. The second kappa shape index (κ2) is 7.66. The molecule has 4 saturated carbocycles. The molecule has 4 rings (SSSR count). The van der Waals surface area contributed by atoms with Crippen LogP contribution in [0.4, 0.5) is 9.59 Å². The third-order valence-electron chi connectivity index (χ3n) is 9.52. The van der Waals surface area contributed by atoms with Gasteiger partial charge < -0.3 is 19.5 Å². The van der Waals surface area contributed by atoms with Gasteiger partial charge in [0, 0.05) is 6.04 Å². The molecule has 164 valence electrons. The van der Waals surface area contributed by atoms with Gasteiger partial charge in [0.05, 0.1) is 14.2 Å². The molecule has 0 heterocycles. The first kappa shape index (κ1) is 20.8. The lowest BCUT2D eigenvalue weighted by molar-refractivity contribution is -0.126. The van der Waals surface area contributed by atoms with Gasteiger partial charge in [-0.3, -0.25) is 0 Å². The Kier molecular flexibility index (Phi) is 5.49. The molecule has 0 unspecified atom stereocenters. The van der Waals surface area contributed by atoms with Crippen LogP contribution < -0.4 is 5.32 Å². The summed E-state index contributed by atoms with van der Waals surface area (Å²) >= 11 is 0. The molecule has 4 aliphatic carbocycles. The number of hydrogen-bond donors (Lipinski definition) is 1. The maximum Gasteiger partial charge on any atom is 0.508 e. The Hall–Kier alpha value is -1.46. The van der Waals surface area contributed by atoms with E-state index < -0.39 is 6.16 Å². The van der Waals surface area contributed by atoms with E-state index in [2.05, 4.69) is 19.2 Å². The number of amides is 1. The van der Waals surface area contributed by atoms with Gasteiger partial charge in [0.1, 0.15) is 6.10 Å². The van der Waals surface area contributed by atoms with E-state index >= 15 is 0 Å². The lowest BCUT2D eigenvalue weighted by Gasteiger charge is -2.61. The Morgan fingerprint density at radius 3 is 2.31 bits per heavy atom. The zero-order valence-electron chi connectivity index (χ0n) is 18.4. The molecule has 0 spiro atoms. The third-order valence-corrected chi connectivity index (χ3v) is 9.52. The van der Waals surface area contributed by atoms with E-state index in [-0.39, 0.29) is 23.7 Å². The molecule has 4 aliphatic rings. The third kappa shape index (κ3) is 3.40. The maximum absolute atomic E-state index is 11.9. The van der Waals surface area contributed by atoms with Crippen molar-refractivity contribution in [2.45, 2.75) is 83.8 Å². The molecule has 0 bridgehead atoms. The van der Waals surface area contributed by atoms with Gasteiger partial charge in [-0.1, -0.05) is 13.8 Å². The number of ether oxygens (including phenoxy) is 3. The summed E-state index contributed by atoms with van der Waals surface area (Å²) in [5, 5.41) is 3.14. The van der Waals surface area contributed by atoms with Crippen molar-refractivity contribution in [1.82, 2.24) is 5.32 Å². The molecule has 0 aromatic carbocycles. The summed E-state index contributed by atoms with van der Waals surface area (Å²) < 4.78 is 15.1. The van der Waals surface area contributed by atoms with Crippen molar-refractivity contribution in [3.8, 4) is 0 Å². The van der Waals surface area contributed by atoms with Gasteiger partial charge in [0.2, 0.25) is 0 Å². The highest BCUT2D eigenvalue weighted by molar-refractivity contribution is 5.67. The predicted octanol–water partition coefficient (Wildman–Crippen LogP) is 4.91. The van der Waals surface area contributed by atoms with Gasteiger partial charge in [0.25, 0.3) is 0 Å². The molecular weight excluding hydrogens is 370 g/mol.